The number of likely N-dealkylation sites (tertiary alicyclic amines) is 1. The summed E-state index contributed by atoms with van der Waals surface area (Å²) in [5.41, 5.74) is 2.65. The van der Waals surface area contributed by atoms with E-state index < -0.39 is 0 Å². The molecule has 0 atom stereocenters. The molecule has 0 amide bonds. The van der Waals surface area contributed by atoms with Gasteiger partial charge in [0, 0.05) is 26.7 Å². The maximum Gasteiger partial charge on any atom is 0.191 e. The molecule has 2 heterocycles. The summed E-state index contributed by atoms with van der Waals surface area (Å²) in [6.45, 7) is 5.13. The standard InChI is InChI=1S/C21H30N4OS.HI/c1-22-21(24-14-19-9-12-27-16-19)23-13-17-7-10-25(11-8-17)15-18-3-5-20(26-2)6-4-18;/h3-6,9,12,16-17H,7-8,10-11,13-15H2,1-2H3,(H2,22,23,24);1H. The summed E-state index contributed by atoms with van der Waals surface area (Å²) in [5, 5.41) is 11.1. The fourth-order valence-corrected chi connectivity index (χ4v) is 4.05. The minimum Gasteiger partial charge on any atom is -0.497 e. The SMILES string of the molecule is CN=C(NCc1ccsc1)NCC1CCN(Cc2ccc(OC)cc2)CC1.I. The molecule has 1 fully saturated rings. The van der Waals surface area contributed by atoms with Gasteiger partial charge in [0.1, 0.15) is 5.75 Å². The van der Waals surface area contributed by atoms with Gasteiger partial charge in [-0.15, -0.1) is 24.0 Å². The van der Waals surface area contributed by atoms with Crippen molar-refractivity contribution in [3.8, 4) is 5.75 Å². The van der Waals surface area contributed by atoms with Gasteiger partial charge in [-0.3, -0.25) is 9.89 Å². The lowest BCUT2D eigenvalue weighted by Crippen LogP contribution is -2.42. The molecular formula is C21H31IN4OS. The van der Waals surface area contributed by atoms with E-state index in [1.165, 1.54) is 24.0 Å². The van der Waals surface area contributed by atoms with Crippen molar-refractivity contribution in [2.24, 2.45) is 10.9 Å². The number of aliphatic imine (C=N–C) groups is 1. The fourth-order valence-electron chi connectivity index (χ4n) is 3.38. The van der Waals surface area contributed by atoms with E-state index in [9.17, 15) is 0 Å². The number of halogens is 1. The Kier molecular flexibility index (Phi) is 10.1. The smallest absolute Gasteiger partial charge is 0.191 e. The first-order valence-corrected chi connectivity index (χ1v) is 10.5. The van der Waals surface area contributed by atoms with Gasteiger partial charge in [0.15, 0.2) is 5.96 Å². The molecule has 0 radical (unpaired) electrons. The molecule has 2 N–H and O–H groups in total. The highest BCUT2D eigenvalue weighted by atomic mass is 127. The van der Waals surface area contributed by atoms with E-state index in [2.05, 4.69) is 49.5 Å². The minimum atomic E-state index is 0. The largest absolute Gasteiger partial charge is 0.497 e. The van der Waals surface area contributed by atoms with Crippen LogP contribution in [0, 0.1) is 5.92 Å². The number of nitrogens with one attached hydrogen (secondary N) is 2. The van der Waals surface area contributed by atoms with E-state index in [0.29, 0.717) is 5.92 Å². The van der Waals surface area contributed by atoms with Crippen molar-refractivity contribution in [3.05, 3.63) is 52.2 Å². The Morgan fingerprint density at radius 1 is 1.14 bits per heavy atom. The summed E-state index contributed by atoms with van der Waals surface area (Å²) in [7, 11) is 3.54. The number of benzene rings is 1. The van der Waals surface area contributed by atoms with E-state index in [1.54, 1.807) is 18.4 Å². The summed E-state index contributed by atoms with van der Waals surface area (Å²) in [5.74, 6) is 2.52. The molecule has 0 bridgehead atoms. The molecule has 1 aromatic carbocycles. The first kappa shape index (κ1) is 23.0. The monoisotopic (exact) mass is 514 g/mol. The average molecular weight is 514 g/mol. The van der Waals surface area contributed by atoms with Gasteiger partial charge in [-0.05, 0) is 71.9 Å². The Hall–Kier alpha value is -1.32. The molecule has 0 unspecified atom stereocenters. The van der Waals surface area contributed by atoms with Crippen LogP contribution < -0.4 is 15.4 Å². The zero-order valence-electron chi connectivity index (χ0n) is 16.7. The van der Waals surface area contributed by atoms with Crippen molar-refractivity contribution in [1.29, 1.82) is 0 Å². The van der Waals surface area contributed by atoms with Gasteiger partial charge >= 0.3 is 0 Å². The van der Waals surface area contributed by atoms with Crippen LogP contribution in [-0.2, 0) is 13.1 Å². The number of nitrogens with zero attached hydrogens (tertiary/aromatic N) is 2. The molecule has 1 aliphatic heterocycles. The number of methoxy groups -OCH3 is 1. The Labute approximate surface area is 189 Å². The highest BCUT2D eigenvalue weighted by molar-refractivity contribution is 14.0. The lowest BCUT2D eigenvalue weighted by Gasteiger charge is -2.32. The molecule has 0 aliphatic carbocycles. The van der Waals surface area contributed by atoms with Gasteiger partial charge in [-0.2, -0.15) is 11.3 Å². The van der Waals surface area contributed by atoms with Crippen molar-refractivity contribution < 1.29 is 4.74 Å². The Morgan fingerprint density at radius 2 is 1.89 bits per heavy atom. The van der Waals surface area contributed by atoms with Crippen LogP contribution in [0.15, 0.2) is 46.1 Å². The Bertz CT molecular complexity index is 698. The number of hydrogen-bond donors (Lipinski definition) is 2. The Morgan fingerprint density at radius 3 is 2.50 bits per heavy atom. The van der Waals surface area contributed by atoms with E-state index >= 15 is 0 Å². The van der Waals surface area contributed by atoms with E-state index in [0.717, 1.165) is 44.4 Å². The summed E-state index contributed by atoms with van der Waals surface area (Å²) in [6, 6.07) is 10.6. The average Bonchev–Trinajstić information content (AvgIpc) is 3.23. The first-order chi connectivity index (χ1) is 13.3. The number of piperidine rings is 1. The molecule has 1 aromatic heterocycles. The van der Waals surface area contributed by atoms with Crippen LogP contribution in [0.1, 0.15) is 24.0 Å². The summed E-state index contributed by atoms with van der Waals surface area (Å²) < 4.78 is 5.23. The van der Waals surface area contributed by atoms with Gasteiger partial charge in [0.2, 0.25) is 0 Å². The number of thiophene rings is 1. The molecule has 154 valence electrons. The zero-order chi connectivity index (χ0) is 18.9. The number of ether oxygens (including phenoxy) is 1. The topological polar surface area (TPSA) is 48.9 Å². The molecule has 0 saturated carbocycles. The van der Waals surface area contributed by atoms with E-state index in [4.69, 9.17) is 4.74 Å². The third-order valence-electron chi connectivity index (χ3n) is 5.09. The Balaban J connectivity index is 0.00000280. The third kappa shape index (κ3) is 7.25. The normalized spacial score (nSPS) is 15.7. The first-order valence-electron chi connectivity index (χ1n) is 9.57. The van der Waals surface area contributed by atoms with Crippen molar-refractivity contribution in [3.63, 3.8) is 0 Å². The number of rotatable bonds is 7. The maximum atomic E-state index is 5.23. The molecular weight excluding hydrogens is 483 g/mol. The number of guanidine groups is 1. The van der Waals surface area contributed by atoms with Crippen LogP contribution in [0.4, 0.5) is 0 Å². The predicted molar refractivity (Wildman–Crippen MR) is 129 cm³/mol. The lowest BCUT2D eigenvalue weighted by molar-refractivity contribution is 0.178. The molecule has 7 heteroatoms. The van der Waals surface area contributed by atoms with Crippen LogP contribution in [0.25, 0.3) is 0 Å². The van der Waals surface area contributed by atoms with Crippen LogP contribution in [0.3, 0.4) is 0 Å². The minimum absolute atomic E-state index is 0. The zero-order valence-corrected chi connectivity index (χ0v) is 19.8. The van der Waals surface area contributed by atoms with Crippen molar-refractivity contribution >= 4 is 41.3 Å². The van der Waals surface area contributed by atoms with Gasteiger partial charge in [0.25, 0.3) is 0 Å². The molecule has 28 heavy (non-hydrogen) atoms. The molecule has 1 saturated heterocycles. The number of hydrogen-bond acceptors (Lipinski definition) is 4. The second kappa shape index (κ2) is 12.3. The molecule has 1 aliphatic rings. The van der Waals surface area contributed by atoms with E-state index in [-0.39, 0.29) is 24.0 Å². The molecule has 5 nitrogen and oxygen atoms in total. The molecule has 0 spiro atoms. The highest BCUT2D eigenvalue weighted by Gasteiger charge is 2.19. The molecule has 2 aromatic rings. The van der Waals surface area contributed by atoms with Crippen LogP contribution in [-0.4, -0.2) is 44.7 Å². The van der Waals surface area contributed by atoms with Crippen molar-refractivity contribution in [2.45, 2.75) is 25.9 Å². The molecule has 3 rings (SSSR count). The van der Waals surface area contributed by atoms with E-state index in [1.807, 2.05) is 19.2 Å². The van der Waals surface area contributed by atoms with Crippen molar-refractivity contribution in [1.82, 2.24) is 15.5 Å². The quantitative estimate of drug-likeness (QED) is 0.334. The van der Waals surface area contributed by atoms with Gasteiger partial charge in [-0.1, -0.05) is 12.1 Å². The second-order valence-electron chi connectivity index (χ2n) is 7.01. The highest BCUT2D eigenvalue weighted by Crippen LogP contribution is 2.19. The predicted octanol–water partition coefficient (Wildman–Crippen LogP) is 3.95. The van der Waals surface area contributed by atoms with Gasteiger partial charge in [-0.25, -0.2) is 0 Å². The van der Waals surface area contributed by atoms with Crippen LogP contribution in [0.5, 0.6) is 5.75 Å². The lowest BCUT2D eigenvalue weighted by atomic mass is 9.96. The van der Waals surface area contributed by atoms with Gasteiger partial charge < -0.3 is 15.4 Å². The van der Waals surface area contributed by atoms with Gasteiger partial charge in [0.05, 0.1) is 7.11 Å². The van der Waals surface area contributed by atoms with Crippen LogP contribution in [0.2, 0.25) is 0 Å². The maximum absolute atomic E-state index is 5.23. The van der Waals surface area contributed by atoms with Crippen LogP contribution >= 0.6 is 35.3 Å². The fraction of sp³-hybridized carbons (Fsp3) is 0.476. The summed E-state index contributed by atoms with van der Waals surface area (Å²) >= 11 is 1.73. The summed E-state index contributed by atoms with van der Waals surface area (Å²) in [4.78, 5) is 6.88. The summed E-state index contributed by atoms with van der Waals surface area (Å²) in [6.07, 6.45) is 2.45. The second-order valence-corrected chi connectivity index (χ2v) is 7.79. The third-order valence-corrected chi connectivity index (χ3v) is 5.83. The van der Waals surface area contributed by atoms with Crippen molar-refractivity contribution in [2.75, 3.05) is 33.8 Å².